The predicted molar refractivity (Wildman–Crippen MR) is 85.9 cm³/mol. The van der Waals surface area contributed by atoms with Crippen LogP contribution in [0.2, 0.25) is 5.02 Å². The predicted octanol–water partition coefficient (Wildman–Crippen LogP) is 4.43. The summed E-state index contributed by atoms with van der Waals surface area (Å²) in [5.41, 5.74) is -0.260. The van der Waals surface area contributed by atoms with Gasteiger partial charge in [-0.2, -0.15) is 18.3 Å². The van der Waals surface area contributed by atoms with E-state index in [-0.39, 0.29) is 22.7 Å². The first kappa shape index (κ1) is 17.4. The van der Waals surface area contributed by atoms with Crippen molar-refractivity contribution < 1.29 is 23.1 Å². The number of carboxylic acids is 1. The number of halogens is 4. The van der Waals surface area contributed by atoms with E-state index in [9.17, 15) is 18.0 Å². The molecule has 3 aromatic rings. The normalized spacial score (nSPS) is 11.7. The van der Waals surface area contributed by atoms with Crippen molar-refractivity contribution in [1.29, 1.82) is 0 Å². The van der Waals surface area contributed by atoms with Gasteiger partial charge in [-0.25, -0.2) is 9.78 Å². The molecule has 0 aliphatic heterocycles. The van der Waals surface area contributed by atoms with Crippen LogP contribution in [0.25, 0.3) is 11.3 Å². The highest BCUT2D eigenvalue weighted by molar-refractivity contribution is 7.09. The van der Waals surface area contributed by atoms with Gasteiger partial charge in [-0.05, 0) is 18.2 Å². The number of carboxylic acid groups (broad SMARTS) is 1. The van der Waals surface area contributed by atoms with Crippen LogP contribution in [0.3, 0.4) is 0 Å². The molecule has 1 N–H and O–H groups in total. The number of nitrogens with zero attached hydrogens (tertiary/aromatic N) is 3. The minimum Gasteiger partial charge on any atom is -0.478 e. The zero-order chi connectivity index (χ0) is 18.2. The maximum Gasteiger partial charge on any atom is 0.416 e. The first-order chi connectivity index (χ1) is 11.7. The maximum absolute atomic E-state index is 12.9. The second-order valence-electron chi connectivity index (χ2n) is 5.05. The molecule has 5 nitrogen and oxygen atoms in total. The number of rotatable bonds is 4. The van der Waals surface area contributed by atoms with Crippen molar-refractivity contribution in [2.45, 2.75) is 12.7 Å². The summed E-state index contributed by atoms with van der Waals surface area (Å²) in [7, 11) is 0. The Morgan fingerprint density at radius 3 is 2.76 bits per heavy atom. The van der Waals surface area contributed by atoms with E-state index in [0.29, 0.717) is 10.7 Å². The van der Waals surface area contributed by atoms with E-state index in [4.69, 9.17) is 16.7 Å². The maximum atomic E-state index is 12.9. The molecule has 2 heterocycles. The summed E-state index contributed by atoms with van der Waals surface area (Å²) in [6, 6.07) is 3.05. The Hall–Kier alpha value is -2.39. The molecule has 0 aliphatic carbocycles. The second kappa shape index (κ2) is 6.49. The van der Waals surface area contributed by atoms with E-state index in [1.54, 1.807) is 5.38 Å². The van der Waals surface area contributed by atoms with Gasteiger partial charge in [0.1, 0.15) is 5.01 Å². The van der Waals surface area contributed by atoms with Gasteiger partial charge < -0.3 is 5.11 Å². The molecule has 0 fully saturated rings. The molecule has 130 valence electrons. The Morgan fingerprint density at radius 2 is 2.12 bits per heavy atom. The molecule has 25 heavy (non-hydrogen) atoms. The number of aromatic nitrogens is 3. The standard InChI is InChI=1S/C15H9ClF3N3O2S/c16-11-2-1-9(15(17,18)19)3-10(11)12-7-25-13(21-12)6-22-5-8(4-20-22)14(23)24/h1-5,7H,6H2,(H,23,24). The lowest BCUT2D eigenvalue weighted by Crippen LogP contribution is -2.05. The van der Waals surface area contributed by atoms with Gasteiger partial charge in [-0.3, -0.25) is 4.68 Å². The fourth-order valence-corrected chi connectivity index (χ4v) is 3.10. The summed E-state index contributed by atoms with van der Waals surface area (Å²) in [5.74, 6) is -1.10. The van der Waals surface area contributed by atoms with Crippen LogP contribution in [0, 0.1) is 0 Å². The number of thiazole rings is 1. The smallest absolute Gasteiger partial charge is 0.416 e. The van der Waals surface area contributed by atoms with Crippen molar-refractivity contribution >= 4 is 28.9 Å². The summed E-state index contributed by atoms with van der Waals surface area (Å²) < 4.78 is 40.0. The molecule has 0 unspecified atom stereocenters. The van der Waals surface area contributed by atoms with Gasteiger partial charge in [0.05, 0.1) is 34.6 Å². The molecule has 0 amide bonds. The molecule has 0 radical (unpaired) electrons. The van der Waals surface area contributed by atoms with Crippen LogP contribution in [0.1, 0.15) is 20.9 Å². The van der Waals surface area contributed by atoms with Crippen molar-refractivity contribution in [2.75, 3.05) is 0 Å². The number of hydrogen-bond acceptors (Lipinski definition) is 4. The van der Waals surface area contributed by atoms with Crippen LogP contribution in [0.15, 0.2) is 36.0 Å². The van der Waals surface area contributed by atoms with E-state index < -0.39 is 17.7 Å². The Balaban J connectivity index is 1.87. The lowest BCUT2D eigenvalue weighted by Gasteiger charge is -2.09. The van der Waals surface area contributed by atoms with E-state index in [1.807, 2.05) is 0 Å². The van der Waals surface area contributed by atoms with Gasteiger partial charge >= 0.3 is 12.1 Å². The van der Waals surface area contributed by atoms with Crippen molar-refractivity contribution in [1.82, 2.24) is 14.8 Å². The molecule has 0 atom stereocenters. The van der Waals surface area contributed by atoms with Crippen molar-refractivity contribution in [3.8, 4) is 11.3 Å². The zero-order valence-electron chi connectivity index (χ0n) is 12.3. The van der Waals surface area contributed by atoms with E-state index in [2.05, 4.69) is 10.1 Å². The number of aromatic carboxylic acids is 1. The number of alkyl halides is 3. The first-order valence-corrected chi connectivity index (χ1v) is 8.07. The highest BCUT2D eigenvalue weighted by Gasteiger charge is 2.31. The molecular weight excluding hydrogens is 379 g/mol. The average Bonchev–Trinajstić information content (AvgIpc) is 3.16. The molecule has 0 saturated carbocycles. The Bertz CT molecular complexity index is 936. The Labute approximate surface area is 148 Å². The fourth-order valence-electron chi connectivity index (χ4n) is 2.10. The highest BCUT2D eigenvalue weighted by Crippen LogP contribution is 2.36. The second-order valence-corrected chi connectivity index (χ2v) is 6.40. The fraction of sp³-hybridized carbons (Fsp3) is 0.133. The first-order valence-electron chi connectivity index (χ1n) is 6.81. The van der Waals surface area contributed by atoms with E-state index in [1.165, 1.54) is 34.5 Å². The third-order valence-corrected chi connectivity index (χ3v) is 4.46. The third-order valence-electron chi connectivity index (χ3n) is 3.30. The largest absolute Gasteiger partial charge is 0.478 e. The summed E-state index contributed by atoms with van der Waals surface area (Å²) in [4.78, 5) is 15.1. The lowest BCUT2D eigenvalue weighted by atomic mass is 10.1. The van der Waals surface area contributed by atoms with Crippen LogP contribution < -0.4 is 0 Å². The molecule has 0 aliphatic rings. The van der Waals surface area contributed by atoms with Crippen LogP contribution in [0.4, 0.5) is 13.2 Å². The summed E-state index contributed by atoms with van der Waals surface area (Å²) in [5, 5.41) is 15.1. The van der Waals surface area contributed by atoms with Crippen LogP contribution in [0.5, 0.6) is 0 Å². The number of hydrogen-bond donors (Lipinski definition) is 1. The number of carbonyl (C=O) groups is 1. The molecule has 10 heteroatoms. The molecule has 0 saturated heterocycles. The molecule has 1 aromatic carbocycles. The monoisotopic (exact) mass is 387 g/mol. The van der Waals surface area contributed by atoms with Gasteiger partial charge in [-0.1, -0.05) is 11.6 Å². The van der Waals surface area contributed by atoms with Gasteiger partial charge in [0.2, 0.25) is 0 Å². The van der Waals surface area contributed by atoms with Crippen LogP contribution in [-0.4, -0.2) is 25.8 Å². The Morgan fingerprint density at radius 1 is 1.36 bits per heavy atom. The topological polar surface area (TPSA) is 68.0 Å². The van der Waals surface area contributed by atoms with Crippen molar-refractivity contribution in [2.24, 2.45) is 0 Å². The number of benzene rings is 1. The summed E-state index contributed by atoms with van der Waals surface area (Å²) in [6.45, 7) is 0.203. The molecular formula is C15H9ClF3N3O2S. The highest BCUT2D eigenvalue weighted by atomic mass is 35.5. The zero-order valence-corrected chi connectivity index (χ0v) is 13.9. The quantitative estimate of drug-likeness (QED) is 0.719. The van der Waals surface area contributed by atoms with Gasteiger partial charge in [-0.15, -0.1) is 11.3 Å². The Kier molecular flexibility index (Phi) is 4.53. The molecule has 3 rings (SSSR count). The SMILES string of the molecule is O=C(O)c1cnn(Cc2nc(-c3cc(C(F)(F)F)ccc3Cl)cs2)c1. The minimum atomic E-state index is -4.47. The van der Waals surface area contributed by atoms with E-state index >= 15 is 0 Å². The molecule has 2 aromatic heterocycles. The molecule has 0 bridgehead atoms. The van der Waals surface area contributed by atoms with Crippen molar-refractivity contribution in [3.05, 3.63) is 57.1 Å². The molecule has 0 spiro atoms. The summed E-state index contributed by atoms with van der Waals surface area (Å²) in [6.07, 6.45) is -1.92. The van der Waals surface area contributed by atoms with E-state index in [0.717, 1.165) is 12.1 Å². The summed E-state index contributed by atoms with van der Waals surface area (Å²) >= 11 is 7.22. The van der Waals surface area contributed by atoms with Gasteiger partial charge in [0.15, 0.2) is 0 Å². The van der Waals surface area contributed by atoms with Gasteiger partial charge in [0.25, 0.3) is 0 Å². The van der Waals surface area contributed by atoms with Crippen LogP contribution >= 0.6 is 22.9 Å². The van der Waals surface area contributed by atoms with Crippen LogP contribution in [-0.2, 0) is 12.7 Å². The lowest BCUT2D eigenvalue weighted by molar-refractivity contribution is -0.137. The average molecular weight is 388 g/mol. The van der Waals surface area contributed by atoms with Crippen molar-refractivity contribution in [3.63, 3.8) is 0 Å². The van der Waals surface area contributed by atoms with Gasteiger partial charge in [0, 0.05) is 17.1 Å². The third kappa shape index (κ3) is 3.83. The minimum absolute atomic E-state index is 0.0395.